The summed E-state index contributed by atoms with van der Waals surface area (Å²) in [6.45, 7) is 1.93. The Bertz CT molecular complexity index is 602. The molecule has 1 aliphatic rings. The van der Waals surface area contributed by atoms with Crippen molar-refractivity contribution < 1.29 is 9.47 Å². The normalized spacial score (nSPS) is 14.6. The monoisotopic (exact) mass is 246 g/mol. The highest BCUT2D eigenvalue weighted by atomic mass is 16.5. The van der Waals surface area contributed by atoms with Gasteiger partial charge in [-0.1, -0.05) is 0 Å². The number of hydrogen-bond donors (Lipinski definition) is 1. The van der Waals surface area contributed by atoms with Gasteiger partial charge in [-0.2, -0.15) is 0 Å². The third-order valence-electron chi connectivity index (χ3n) is 3.77. The Labute approximate surface area is 106 Å². The highest BCUT2D eigenvalue weighted by molar-refractivity contribution is 5.95. The molecule has 4 heteroatoms. The smallest absolute Gasteiger partial charge is 0.143 e. The minimum Gasteiger partial charge on any atom is -0.496 e. The SMILES string of the molecule is COc1ccc(OC)c2c1c1c(n2C)CCNC1. The second kappa shape index (κ2) is 4.21. The molecule has 0 saturated heterocycles. The summed E-state index contributed by atoms with van der Waals surface area (Å²) in [7, 11) is 5.54. The van der Waals surface area contributed by atoms with Crippen LogP contribution in [0.2, 0.25) is 0 Å². The first kappa shape index (κ1) is 11.4. The molecule has 0 bridgehead atoms. The zero-order chi connectivity index (χ0) is 12.7. The van der Waals surface area contributed by atoms with Gasteiger partial charge in [0.05, 0.1) is 25.1 Å². The third kappa shape index (κ3) is 1.42. The molecule has 4 nitrogen and oxygen atoms in total. The van der Waals surface area contributed by atoms with Crippen molar-refractivity contribution >= 4 is 10.9 Å². The lowest BCUT2D eigenvalue weighted by molar-refractivity contribution is 0.409. The zero-order valence-corrected chi connectivity index (χ0v) is 11.0. The van der Waals surface area contributed by atoms with Crippen molar-refractivity contribution in [1.29, 1.82) is 0 Å². The van der Waals surface area contributed by atoms with Crippen LogP contribution in [0.25, 0.3) is 10.9 Å². The molecule has 2 aromatic rings. The van der Waals surface area contributed by atoms with Crippen molar-refractivity contribution in [3.8, 4) is 11.5 Å². The van der Waals surface area contributed by atoms with Crippen LogP contribution in [-0.2, 0) is 20.0 Å². The van der Waals surface area contributed by atoms with Gasteiger partial charge in [-0.15, -0.1) is 0 Å². The molecule has 18 heavy (non-hydrogen) atoms. The van der Waals surface area contributed by atoms with Gasteiger partial charge in [0.2, 0.25) is 0 Å². The Balaban J connectivity index is 2.42. The number of aromatic nitrogens is 1. The van der Waals surface area contributed by atoms with Crippen molar-refractivity contribution in [2.45, 2.75) is 13.0 Å². The first-order chi connectivity index (χ1) is 8.77. The largest absolute Gasteiger partial charge is 0.496 e. The predicted octanol–water partition coefficient (Wildman–Crippen LogP) is 1.84. The van der Waals surface area contributed by atoms with Crippen LogP contribution in [-0.4, -0.2) is 25.3 Å². The summed E-state index contributed by atoms with van der Waals surface area (Å²) in [4.78, 5) is 0. The molecule has 1 aliphatic heterocycles. The van der Waals surface area contributed by atoms with Gasteiger partial charge in [0.25, 0.3) is 0 Å². The van der Waals surface area contributed by atoms with E-state index in [0.29, 0.717) is 0 Å². The van der Waals surface area contributed by atoms with E-state index in [2.05, 4.69) is 16.9 Å². The van der Waals surface area contributed by atoms with Gasteiger partial charge in [-0.05, 0) is 17.7 Å². The summed E-state index contributed by atoms with van der Waals surface area (Å²) in [6, 6.07) is 3.95. The van der Waals surface area contributed by atoms with Crippen molar-refractivity contribution in [3.63, 3.8) is 0 Å². The van der Waals surface area contributed by atoms with E-state index in [1.54, 1.807) is 14.2 Å². The van der Waals surface area contributed by atoms with E-state index in [0.717, 1.165) is 36.5 Å². The first-order valence-corrected chi connectivity index (χ1v) is 6.19. The summed E-state index contributed by atoms with van der Waals surface area (Å²) >= 11 is 0. The highest BCUT2D eigenvalue weighted by Crippen LogP contribution is 2.39. The van der Waals surface area contributed by atoms with Gasteiger partial charge in [-0.3, -0.25) is 0 Å². The second-order valence-corrected chi connectivity index (χ2v) is 4.60. The standard InChI is InChI=1S/C14H18N2O2/c1-16-10-6-7-15-8-9(10)13-11(17-2)4-5-12(18-3)14(13)16/h4-5,15H,6-8H2,1-3H3. The minimum absolute atomic E-state index is 0.899. The van der Waals surface area contributed by atoms with Crippen molar-refractivity contribution in [2.24, 2.45) is 7.05 Å². The fraction of sp³-hybridized carbons (Fsp3) is 0.429. The highest BCUT2D eigenvalue weighted by Gasteiger charge is 2.23. The summed E-state index contributed by atoms with van der Waals surface area (Å²) in [5, 5.41) is 4.61. The van der Waals surface area contributed by atoms with Crippen molar-refractivity contribution in [2.75, 3.05) is 20.8 Å². The van der Waals surface area contributed by atoms with Crippen LogP contribution < -0.4 is 14.8 Å². The molecule has 1 aromatic carbocycles. The number of nitrogens with zero attached hydrogens (tertiary/aromatic N) is 1. The van der Waals surface area contributed by atoms with Crippen molar-refractivity contribution in [3.05, 3.63) is 23.4 Å². The number of hydrogen-bond acceptors (Lipinski definition) is 3. The Hall–Kier alpha value is -1.68. The third-order valence-corrected chi connectivity index (χ3v) is 3.77. The Kier molecular flexibility index (Phi) is 2.67. The molecule has 0 aliphatic carbocycles. The van der Waals surface area contributed by atoms with E-state index in [9.17, 15) is 0 Å². The van der Waals surface area contributed by atoms with Crippen LogP contribution in [0.15, 0.2) is 12.1 Å². The lowest BCUT2D eigenvalue weighted by Crippen LogP contribution is -2.24. The van der Waals surface area contributed by atoms with Gasteiger partial charge in [0, 0.05) is 32.3 Å². The van der Waals surface area contributed by atoms with E-state index in [1.807, 2.05) is 12.1 Å². The number of aryl methyl sites for hydroxylation is 1. The average molecular weight is 246 g/mol. The molecule has 1 aromatic heterocycles. The van der Waals surface area contributed by atoms with Gasteiger partial charge in [0.1, 0.15) is 11.5 Å². The maximum Gasteiger partial charge on any atom is 0.143 e. The van der Waals surface area contributed by atoms with Gasteiger partial charge < -0.3 is 19.4 Å². The number of fused-ring (bicyclic) bond motifs is 3. The lowest BCUT2D eigenvalue weighted by atomic mass is 10.1. The predicted molar refractivity (Wildman–Crippen MR) is 71.4 cm³/mol. The second-order valence-electron chi connectivity index (χ2n) is 4.60. The molecule has 0 atom stereocenters. The van der Waals surface area contributed by atoms with Crippen molar-refractivity contribution in [1.82, 2.24) is 9.88 Å². The summed E-state index contributed by atoms with van der Waals surface area (Å²) < 4.78 is 13.2. The van der Waals surface area contributed by atoms with Gasteiger partial charge >= 0.3 is 0 Å². The quantitative estimate of drug-likeness (QED) is 0.878. The number of nitrogens with one attached hydrogen (secondary N) is 1. The van der Waals surface area contributed by atoms with E-state index in [4.69, 9.17) is 9.47 Å². The molecule has 1 N–H and O–H groups in total. The maximum atomic E-state index is 5.51. The molecular formula is C14H18N2O2. The van der Waals surface area contributed by atoms with Crippen LogP contribution in [0.4, 0.5) is 0 Å². The molecule has 0 spiro atoms. The van der Waals surface area contributed by atoms with Crippen LogP contribution in [0.3, 0.4) is 0 Å². The van der Waals surface area contributed by atoms with Crippen LogP contribution in [0.5, 0.6) is 11.5 Å². The first-order valence-electron chi connectivity index (χ1n) is 6.19. The van der Waals surface area contributed by atoms with E-state index in [-0.39, 0.29) is 0 Å². The molecule has 0 fully saturated rings. The Morgan fingerprint density at radius 3 is 2.61 bits per heavy atom. The number of rotatable bonds is 2. The zero-order valence-electron chi connectivity index (χ0n) is 11.0. The minimum atomic E-state index is 0.899. The number of benzene rings is 1. The van der Waals surface area contributed by atoms with E-state index >= 15 is 0 Å². The molecule has 0 radical (unpaired) electrons. The topological polar surface area (TPSA) is 35.4 Å². The molecule has 2 heterocycles. The number of ether oxygens (including phenoxy) is 2. The van der Waals surface area contributed by atoms with Gasteiger partial charge in [-0.25, -0.2) is 0 Å². The molecular weight excluding hydrogens is 228 g/mol. The summed E-state index contributed by atoms with van der Waals surface area (Å²) in [5.41, 5.74) is 3.85. The summed E-state index contributed by atoms with van der Waals surface area (Å²) in [6.07, 6.45) is 1.05. The fourth-order valence-electron chi connectivity index (χ4n) is 2.92. The average Bonchev–Trinajstić information content (AvgIpc) is 2.73. The van der Waals surface area contributed by atoms with E-state index < -0.39 is 0 Å². The van der Waals surface area contributed by atoms with Gasteiger partial charge in [0.15, 0.2) is 0 Å². The summed E-state index contributed by atoms with van der Waals surface area (Å²) in [5.74, 6) is 1.83. The lowest BCUT2D eigenvalue weighted by Gasteiger charge is -2.14. The number of methoxy groups -OCH3 is 2. The fourth-order valence-corrected chi connectivity index (χ4v) is 2.92. The van der Waals surface area contributed by atoms with Crippen LogP contribution in [0.1, 0.15) is 11.3 Å². The molecule has 96 valence electrons. The maximum absolute atomic E-state index is 5.51. The van der Waals surface area contributed by atoms with E-state index in [1.165, 1.54) is 16.6 Å². The Morgan fingerprint density at radius 1 is 1.17 bits per heavy atom. The molecule has 0 unspecified atom stereocenters. The Morgan fingerprint density at radius 2 is 1.89 bits per heavy atom. The molecule has 3 rings (SSSR count). The van der Waals surface area contributed by atoms with Crippen LogP contribution >= 0.6 is 0 Å². The van der Waals surface area contributed by atoms with Crippen LogP contribution in [0, 0.1) is 0 Å². The molecule has 0 saturated carbocycles. The molecule has 0 amide bonds.